The molecule has 0 aliphatic rings. The molecule has 6 heteroatoms. The highest BCUT2D eigenvalue weighted by atomic mass is 32.1. The van der Waals surface area contributed by atoms with Crippen molar-refractivity contribution in [2.45, 2.75) is 39.7 Å². The normalized spacial score (nSPS) is 11.0. The van der Waals surface area contributed by atoms with Crippen LogP contribution in [0.15, 0.2) is 53.5 Å². The molecule has 0 atom stereocenters. The van der Waals surface area contributed by atoms with E-state index in [1.165, 1.54) is 11.3 Å². The van der Waals surface area contributed by atoms with Crippen LogP contribution in [0.4, 0.5) is 5.69 Å². The SMILES string of the molecule is Cc1sc(CC(=O)Nc2cccn(Cc3ccccc3)c2=O)nc1C(C)C. The summed E-state index contributed by atoms with van der Waals surface area (Å²) in [4.78, 5) is 30.7. The summed E-state index contributed by atoms with van der Waals surface area (Å²) in [5.74, 6) is 0.103. The van der Waals surface area contributed by atoms with Crippen LogP contribution < -0.4 is 10.9 Å². The van der Waals surface area contributed by atoms with E-state index in [0.717, 1.165) is 21.1 Å². The van der Waals surface area contributed by atoms with Crippen molar-refractivity contribution < 1.29 is 4.79 Å². The standard InChI is InChI=1S/C21H23N3O2S/c1-14(2)20-15(3)27-19(23-20)12-18(25)22-17-10-7-11-24(21(17)26)13-16-8-5-4-6-9-16/h4-11,14H,12-13H2,1-3H3,(H,22,25). The molecule has 0 aliphatic heterocycles. The van der Waals surface area contributed by atoms with Gasteiger partial charge in [0.15, 0.2) is 0 Å². The zero-order chi connectivity index (χ0) is 19.4. The lowest BCUT2D eigenvalue weighted by Gasteiger charge is -2.09. The van der Waals surface area contributed by atoms with Crippen molar-refractivity contribution in [3.63, 3.8) is 0 Å². The van der Waals surface area contributed by atoms with Crippen LogP contribution in [-0.2, 0) is 17.8 Å². The summed E-state index contributed by atoms with van der Waals surface area (Å²) in [5.41, 5.74) is 2.14. The first kappa shape index (κ1) is 19.0. The second-order valence-electron chi connectivity index (χ2n) is 6.77. The lowest BCUT2D eigenvalue weighted by atomic mass is 10.1. The lowest BCUT2D eigenvalue weighted by molar-refractivity contribution is -0.115. The van der Waals surface area contributed by atoms with Crippen LogP contribution in [0.3, 0.4) is 0 Å². The molecule has 2 aromatic heterocycles. The first-order chi connectivity index (χ1) is 12.9. The molecule has 1 N–H and O–H groups in total. The lowest BCUT2D eigenvalue weighted by Crippen LogP contribution is -2.26. The second-order valence-corrected chi connectivity index (χ2v) is 8.06. The Balaban J connectivity index is 1.72. The number of carbonyl (C=O) groups excluding carboxylic acids is 1. The summed E-state index contributed by atoms with van der Waals surface area (Å²) in [7, 11) is 0. The number of aromatic nitrogens is 2. The quantitative estimate of drug-likeness (QED) is 0.703. The van der Waals surface area contributed by atoms with Crippen LogP contribution in [-0.4, -0.2) is 15.5 Å². The van der Waals surface area contributed by atoms with E-state index >= 15 is 0 Å². The van der Waals surface area contributed by atoms with Crippen LogP contribution in [0.5, 0.6) is 0 Å². The molecule has 0 fully saturated rings. The number of nitrogens with zero attached hydrogens (tertiary/aromatic N) is 2. The van der Waals surface area contributed by atoms with E-state index in [2.05, 4.69) is 24.1 Å². The van der Waals surface area contributed by atoms with E-state index in [0.29, 0.717) is 12.5 Å². The van der Waals surface area contributed by atoms with Crippen molar-refractivity contribution in [2.24, 2.45) is 0 Å². The minimum absolute atomic E-state index is 0.172. The Kier molecular flexibility index (Phi) is 5.86. The molecule has 0 unspecified atom stereocenters. The Labute approximate surface area is 162 Å². The minimum Gasteiger partial charge on any atom is -0.321 e. The number of aryl methyl sites for hydroxylation is 1. The van der Waals surface area contributed by atoms with Crippen molar-refractivity contribution in [1.29, 1.82) is 0 Å². The first-order valence-electron chi connectivity index (χ1n) is 8.93. The van der Waals surface area contributed by atoms with E-state index in [1.54, 1.807) is 22.9 Å². The fourth-order valence-electron chi connectivity index (χ4n) is 2.94. The Morgan fingerprint density at radius 2 is 1.93 bits per heavy atom. The molecular formula is C21H23N3O2S. The molecule has 2 heterocycles. The highest BCUT2D eigenvalue weighted by molar-refractivity contribution is 7.11. The smallest absolute Gasteiger partial charge is 0.274 e. The third-order valence-electron chi connectivity index (χ3n) is 4.23. The monoisotopic (exact) mass is 381 g/mol. The van der Waals surface area contributed by atoms with Gasteiger partial charge in [0, 0.05) is 11.1 Å². The maximum Gasteiger partial charge on any atom is 0.274 e. The zero-order valence-corrected chi connectivity index (χ0v) is 16.5. The van der Waals surface area contributed by atoms with Crippen molar-refractivity contribution in [3.05, 3.63) is 80.2 Å². The van der Waals surface area contributed by atoms with Gasteiger partial charge in [-0.1, -0.05) is 44.2 Å². The number of thiazole rings is 1. The van der Waals surface area contributed by atoms with Crippen molar-refractivity contribution >= 4 is 22.9 Å². The molecular weight excluding hydrogens is 358 g/mol. The largest absolute Gasteiger partial charge is 0.321 e. The van der Waals surface area contributed by atoms with Gasteiger partial charge in [0.25, 0.3) is 5.56 Å². The van der Waals surface area contributed by atoms with Gasteiger partial charge >= 0.3 is 0 Å². The summed E-state index contributed by atoms with van der Waals surface area (Å²) in [6.07, 6.45) is 1.90. The van der Waals surface area contributed by atoms with Crippen LogP contribution in [0.25, 0.3) is 0 Å². The second kappa shape index (κ2) is 8.31. The maximum absolute atomic E-state index is 12.6. The highest BCUT2D eigenvalue weighted by Gasteiger charge is 2.15. The van der Waals surface area contributed by atoms with Gasteiger partial charge in [-0.25, -0.2) is 4.98 Å². The topological polar surface area (TPSA) is 64.0 Å². The van der Waals surface area contributed by atoms with Gasteiger partial charge in [0.1, 0.15) is 10.7 Å². The molecule has 3 rings (SSSR count). The Morgan fingerprint density at radius 1 is 1.19 bits per heavy atom. The van der Waals surface area contributed by atoms with E-state index in [-0.39, 0.29) is 23.6 Å². The molecule has 0 saturated carbocycles. The van der Waals surface area contributed by atoms with Crippen LogP contribution in [0.2, 0.25) is 0 Å². The summed E-state index contributed by atoms with van der Waals surface area (Å²) in [6.45, 7) is 6.66. The number of rotatable bonds is 6. The molecule has 1 aromatic carbocycles. The molecule has 0 bridgehead atoms. The third-order valence-corrected chi connectivity index (χ3v) is 5.21. The van der Waals surface area contributed by atoms with Gasteiger partial charge in [0.05, 0.1) is 18.7 Å². The molecule has 27 heavy (non-hydrogen) atoms. The number of hydrogen-bond donors (Lipinski definition) is 1. The summed E-state index contributed by atoms with van der Waals surface area (Å²) >= 11 is 1.54. The Bertz CT molecular complexity index is 990. The van der Waals surface area contributed by atoms with Crippen LogP contribution in [0, 0.1) is 6.92 Å². The van der Waals surface area contributed by atoms with Crippen LogP contribution >= 0.6 is 11.3 Å². The fraction of sp³-hybridized carbons (Fsp3) is 0.286. The Morgan fingerprint density at radius 3 is 2.59 bits per heavy atom. The van der Waals surface area contributed by atoms with E-state index in [4.69, 9.17) is 0 Å². The van der Waals surface area contributed by atoms with Crippen molar-refractivity contribution in [3.8, 4) is 0 Å². The summed E-state index contributed by atoms with van der Waals surface area (Å²) in [6, 6.07) is 13.1. The summed E-state index contributed by atoms with van der Waals surface area (Å²) < 4.78 is 1.59. The molecule has 3 aromatic rings. The predicted octanol–water partition coefficient (Wildman–Crippen LogP) is 3.97. The first-order valence-corrected chi connectivity index (χ1v) is 9.75. The third kappa shape index (κ3) is 4.71. The van der Waals surface area contributed by atoms with Gasteiger partial charge < -0.3 is 9.88 Å². The number of pyridine rings is 1. The molecule has 0 radical (unpaired) electrons. The number of hydrogen-bond acceptors (Lipinski definition) is 4. The van der Waals surface area contributed by atoms with E-state index < -0.39 is 0 Å². The van der Waals surface area contributed by atoms with Gasteiger partial charge in [-0.15, -0.1) is 11.3 Å². The van der Waals surface area contributed by atoms with Gasteiger partial charge in [-0.3, -0.25) is 9.59 Å². The number of carbonyl (C=O) groups is 1. The number of benzene rings is 1. The molecule has 0 spiro atoms. The molecule has 0 aliphatic carbocycles. The highest BCUT2D eigenvalue weighted by Crippen LogP contribution is 2.24. The number of amides is 1. The van der Waals surface area contributed by atoms with Crippen LogP contribution in [0.1, 0.15) is 40.9 Å². The van der Waals surface area contributed by atoms with Crippen molar-refractivity contribution in [2.75, 3.05) is 5.32 Å². The zero-order valence-electron chi connectivity index (χ0n) is 15.7. The summed E-state index contributed by atoms with van der Waals surface area (Å²) in [5, 5.41) is 3.51. The van der Waals surface area contributed by atoms with Crippen molar-refractivity contribution in [1.82, 2.24) is 9.55 Å². The average Bonchev–Trinajstić information content (AvgIpc) is 3.00. The Hall–Kier alpha value is -2.73. The number of anilines is 1. The fourth-order valence-corrected chi connectivity index (χ4v) is 4.03. The van der Waals surface area contributed by atoms with Gasteiger partial charge in [0.2, 0.25) is 5.91 Å². The van der Waals surface area contributed by atoms with E-state index in [1.807, 2.05) is 37.3 Å². The number of nitrogens with one attached hydrogen (secondary N) is 1. The predicted molar refractivity (Wildman–Crippen MR) is 110 cm³/mol. The molecule has 1 amide bonds. The average molecular weight is 382 g/mol. The van der Waals surface area contributed by atoms with E-state index in [9.17, 15) is 9.59 Å². The van der Waals surface area contributed by atoms with Gasteiger partial charge in [-0.05, 0) is 30.5 Å². The molecule has 140 valence electrons. The molecule has 0 saturated heterocycles. The minimum atomic E-state index is -0.228. The maximum atomic E-state index is 12.6. The molecule has 5 nitrogen and oxygen atoms in total. The van der Waals surface area contributed by atoms with Gasteiger partial charge in [-0.2, -0.15) is 0 Å².